The van der Waals surface area contributed by atoms with Crippen LogP contribution in [0.15, 0.2) is 57.8 Å². The molecule has 1 aliphatic rings. The minimum atomic E-state index is -3.56. The van der Waals surface area contributed by atoms with Crippen LogP contribution in [0, 0.1) is 6.92 Å². The van der Waals surface area contributed by atoms with Crippen molar-refractivity contribution in [1.82, 2.24) is 14.5 Å². The topological polar surface area (TPSA) is 105 Å². The van der Waals surface area contributed by atoms with Crippen LogP contribution in [-0.2, 0) is 10.0 Å². The molecule has 0 bridgehead atoms. The maximum atomic E-state index is 12.9. The molecule has 31 heavy (non-hydrogen) atoms. The maximum Gasteiger partial charge on any atom is 0.322 e. The summed E-state index contributed by atoms with van der Waals surface area (Å²) in [5.41, 5.74) is 2.16. The number of amides is 1. The van der Waals surface area contributed by atoms with Crippen LogP contribution in [0.1, 0.15) is 41.6 Å². The molecule has 2 heterocycles. The molecule has 3 aromatic rings. The minimum Gasteiger partial charge on any atom is -0.403 e. The van der Waals surface area contributed by atoms with Crippen LogP contribution in [0.2, 0.25) is 0 Å². The Labute approximate surface area is 181 Å². The van der Waals surface area contributed by atoms with Crippen LogP contribution in [0.3, 0.4) is 0 Å². The fourth-order valence-electron chi connectivity index (χ4n) is 3.47. The van der Waals surface area contributed by atoms with Crippen molar-refractivity contribution >= 4 is 21.9 Å². The molecule has 0 radical (unpaired) electrons. The van der Waals surface area contributed by atoms with Gasteiger partial charge in [-0.15, -0.1) is 5.10 Å². The predicted octanol–water partition coefficient (Wildman–Crippen LogP) is 3.86. The molecule has 1 N–H and O–H groups in total. The van der Waals surface area contributed by atoms with Gasteiger partial charge in [0.2, 0.25) is 15.9 Å². The van der Waals surface area contributed by atoms with Gasteiger partial charge in [0.1, 0.15) is 0 Å². The number of anilines is 1. The van der Waals surface area contributed by atoms with Gasteiger partial charge in [0.15, 0.2) is 0 Å². The quantitative estimate of drug-likeness (QED) is 0.646. The van der Waals surface area contributed by atoms with Crippen molar-refractivity contribution < 1.29 is 17.6 Å². The first-order chi connectivity index (χ1) is 14.9. The van der Waals surface area contributed by atoms with Crippen molar-refractivity contribution in [1.29, 1.82) is 0 Å². The molecule has 8 nitrogen and oxygen atoms in total. The number of aryl methyl sites for hydroxylation is 1. The summed E-state index contributed by atoms with van der Waals surface area (Å²) >= 11 is 0. The van der Waals surface area contributed by atoms with Gasteiger partial charge in [0.05, 0.1) is 4.90 Å². The van der Waals surface area contributed by atoms with Crippen molar-refractivity contribution in [2.45, 2.75) is 37.5 Å². The Bertz CT molecular complexity index is 1150. The summed E-state index contributed by atoms with van der Waals surface area (Å²) in [4.78, 5) is 12.7. The predicted molar refractivity (Wildman–Crippen MR) is 116 cm³/mol. The lowest BCUT2D eigenvalue weighted by Gasteiger charge is -2.19. The molecule has 1 amide bonds. The summed E-state index contributed by atoms with van der Waals surface area (Å²) in [6.07, 6.45) is 3.84. The second-order valence-electron chi connectivity index (χ2n) is 7.58. The average Bonchev–Trinajstić information content (AvgIpc) is 3.05. The SMILES string of the molecule is Cc1ccc(-c2nnc(NC(=O)c3ccc(S(=O)(=O)N4CCCCCC4)cc3)o2)cc1. The molecule has 0 spiro atoms. The highest BCUT2D eigenvalue weighted by molar-refractivity contribution is 7.89. The van der Waals surface area contributed by atoms with E-state index in [4.69, 9.17) is 4.42 Å². The van der Waals surface area contributed by atoms with E-state index in [0.29, 0.717) is 24.5 Å². The van der Waals surface area contributed by atoms with Gasteiger partial charge >= 0.3 is 6.01 Å². The molecule has 9 heteroatoms. The number of hydrogen-bond donors (Lipinski definition) is 1. The summed E-state index contributed by atoms with van der Waals surface area (Å²) in [6, 6.07) is 13.4. The standard InChI is InChI=1S/C22H24N4O4S/c1-16-6-8-18(9-7-16)21-24-25-22(30-21)23-20(27)17-10-12-19(13-11-17)31(28,29)26-14-4-2-3-5-15-26/h6-13H,2-5,14-15H2,1H3,(H,23,25,27). The fourth-order valence-corrected chi connectivity index (χ4v) is 4.98. The van der Waals surface area contributed by atoms with E-state index in [0.717, 1.165) is 36.8 Å². The first kappa shape index (κ1) is 21.2. The number of nitrogens with one attached hydrogen (secondary N) is 1. The molecular formula is C22H24N4O4S. The minimum absolute atomic E-state index is 0.0261. The lowest BCUT2D eigenvalue weighted by atomic mass is 10.1. The maximum absolute atomic E-state index is 12.9. The third-order valence-corrected chi connectivity index (χ3v) is 7.18. The van der Waals surface area contributed by atoms with Crippen LogP contribution in [0.5, 0.6) is 0 Å². The highest BCUT2D eigenvalue weighted by Crippen LogP contribution is 2.22. The fraction of sp³-hybridized carbons (Fsp3) is 0.318. The lowest BCUT2D eigenvalue weighted by Crippen LogP contribution is -2.31. The zero-order valence-corrected chi connectivity index (χ0v) is 18.1. The van der Waals surface area contributed by atoms with Gasteiger partial charge in [-0.2, -0.15) is 4.31 Å². The molecule has 0 unspecified atom stereocenters. The Hall–Kier alpha value is -3.04. The molecule has 0 saturated carbocycles. The van der Waals surface area contributed by atoms with Crippen LogP contribution in [0.25, 0.3) is 11.5 Å². The molecule has 1 aliphatic heterocycles. The van der Waals surface area contributed by atoms with Crippen LogP contribution in [-0.4, -0.2) is 41.9 Å². The molecule has 162 valence electrons. The Morgan fingerprint density at radius 3 is 2.23 bits per heavy atom. The molecule has 4 rings (SSSR count). The number of carbonyl (C=O) groups is 1. The van der Waals surface area contributed by atoms with Gasteiger partial charge in [0.25, 0.3) is 5.91 Å². The molecule has 0 atom stereocenters. The molecule has 2 aromatic carbocycles. The first-order valence-corrected chi connectivity index (χ1v) is 11.7. The summed E-state index contributed by atoms with van der Waals surface area (Å²) in [7, 11) is -3.56. The van der Waals surface area contributed by atoms with Crippen LogP contribution < -0.4 is 5.32 Å². The molecule has 1 saturated heterocycles. The summed E-state index contributed by atoms with van der Waals surface area (Å²) in [6.45, 7) is 3.05. The number of sulfonamides is 1. The average molecular weight is 441 g/mol. The lowest BCUT2D eigenvalue weighted by molar-refractivity contribution is 0.102. The van der Waals surface area contributed by atoms with E-state index in [1.807, 2.05) is 31.2 Å². The molecule has 1 aromatic heterocycles. The summed E-state index contributed by atoms with van der Waals surface area (Å²) in [5.74, 6) is -0.160. The zero-order chi connectivity index (χ0) is 21.8. The van der Waals surface area contributed by atoms with Crippen LogP contribution >= 0.6 is 0 Å². The third kappa shape index (κ3) is 4.83. The van der Waals surface area contributed by atoms with E-state index in [2.05, 4.69) is 15.5 Å². The Morgan fingerprint density at radius 2 is 1.58 bits per heavy atom. The van der Waals surface area contributed by atoms with Gasteiger partial charge in [-0.05, 0) is 56.2 Å². The van der Waals surface area contributed by atoms with Crippen molar-refractivity contribution in [3.05, 3.63) is 59.7 Å². The van der Waals surface area contributed by atoms with Crippen molar-refractivity contribution in [3.63, 3.8) is 0 Å². The van der Waals surface area contributed by atoms with Gasteiger partial charge in [-0.3, -0.25) is 10.1 Å². The van der Waals surface area contributed by atoms with Crippen molar-refractivity contribution in [2.24, 2.45) is 0 Å². The van der Waals surface area contributed by atoms with E-state index in [1.54, 1.807) is 0 Å². The van der Waals surface area contributed by atoms with E-state index >= 15 is 0 Å². The molecule has 0 aliphatic carbocycles. The normalized spacial score (nSPS) is 15.4. The monoisotopic (exact) mass is 440 g/mol. The van der Waals surface area contributed by atoms with Crippen molar-refractivity contribution in [3.8, 4) is 11.5 Å². The molecular weight excluding hydrogens is 416 g/mol. The Kier molecular flexibility index (Phi) is 6.15. The van der Waals surface area contributed by atoms with E-state index < -0.39 is 15.9 Å². The summed E-state index contributed by atoms with van der Waals surface area (Å²) < 4.78 is 32.8. The molecule has 1 fully saturated rings. The van der Waals surface area contributed by atoms with Gasteiger partial charge in [-0.25, -0.2) is 8.42 Å². The Morgan fingerprint density at radius 1 is 0.935 bits per heavy atom. The van der Waals surface area contributed by atoms with Gasteiger partial charge in [-0.1, -0.05) is 35.6 Å². The van der Waals surface area contributed by atoms with E-state index in [1.165, 1.54) is 28.6 Å². The number of aromatic nitrogens is 2. The van der Waals surface area contributed by atoms with E-state index in [-0.39, 0.29) is 10.9 Å². The van der Waals surface area contributed by atoms with Gasteiger partial charge < -0.3 is 4.42 Å². The second-order valence-corrected chi connectivity index (χ2v) is 9.51. The number of carbonyl (C=O) groups excluding carboxylic acids is 1. The number of benzene rings is 2. The highest BCUT2D eigenvalue weighted by atomic mass is 32.2. The zero-order valence-electron chi connectivity index (χ0n) is 17.2. The van der Waals surface area contributed by atoms with E-state index in [9.17, 15) is 13.2 Å². The van der Waals surface area contributed by atoms with Crippen molar-refractivity contribution in [2.75, 3.05) is 18.4 Å². The number of hydrogen-bond acceptors (Lipinski definition) is 6. The van der Waals surface area contributed by atoms with Crippen LogP contribution in [0.4, 0.5) is 6.01 Å². The largest absolute Gasteiger partial charge is 0.403 e. The highest BCUT2D eigenvalue weighted by Gasteiger charge is 2.25. The number of rotatable bonds is 5. The Balaban J connectivity index is 1.44. The smallest absolute Gasteiger partial charge is 0.322 e. The second kappa shape index (κ2) is 8.99. The first-order valence-electron chi connectivity index (χ1n) is 10.3. The summed E-state index contributed by atoms with van der Waals surface area (Å²) in [5, 5.41) is 10.4. The van der Waals surface area contributed by atoms with Gasteiger partial charge in [0, 0.05) is 24.2 Å². The number of nitrogens with zero attached hydrogens (tertiary/aromatic N) is 3. The third-order valence-electron chi connectivity index (χ3n) is 5.26.